The Kier molecular flexibility index (Phi) is 97.9. The third kappa shape index (κ3) is 37.0. The van der Waals surface area contributed by atoms with Gasteiger partial charge in [-0.1, -0.05) is 0 Å². The van der Waals surface area contributed by atoms with Gasteiger partial charge in [0.15, 0.2) is 0 Å². The van der Waals surface area contributed by atoms with Crippen molar-refractivity contribution in [1.29, 1.82) is 0 Å². The summed E-state index contributed by atoms with van der Waals surface area (Å²) in [7, 11) is 0. The molecule has 1 aliphatic rings. The van der Waals surface area contributed by atoms with Gasteiger partial charge in [0, 0.05) is 17.1 Å². The molecule has 0 bridgehead atoms. The molecule has 0 N–H and O–H groups in total. The Hall–Kier alpha value is -1.18. The minimum Gasteiger partial charge on any atom is -0.288 e. The fourth-order valence-electron chi connectivity index (χ4n) is 0.156. The number of rotatable bonds is 0. The van der Waals surface area contributed by atoms with Gasteiger partial charge in [-0.25, -0.2) is 5.73 Å². The van der Waals surface area contributed by atoms with Crippen LogP contribution in [0.2, 0.25) is 0 Å². The maximum Gasteiger partial charge on any atom is 0 e. The van der Waals surface area contributed by atoms with Crippen molar-refractivity contribution in [1.82, 2.24) is 0 Å². The van der Waals surface area contributed by atoms with Crippen molar-refractivity contribution < 1.29 is 31.0 Å². The molecule has 58 valence electrons. The summed E-state index contributed by atoms with van der Waals surface area (Å²) < 4.78 is 22.5. The van der Waals surface area contributed by atoms with Crippen molar-refractivity contribution in [2.24, 2.45) is 0 Å². The molecule has 0 unspecified atom stereocenters. The zero-order valence-electron chi connectivity index (χ0n) is 5.60. The van der Waals surface area contributed by atoms with Gasteiger partial charge < -0.3 is 0 Å². The molecule has 0 saturated heterocycles. The maximum absolute atomic E-state index is 7.50. The summed E-state index contributed by atoms with van der Waals surface area (Å²) >= 11 is 0. The fourth-order valence-corrected chi connectivity index (χ4v) is 0.156. The van der Waals surface area contributed by atoms with E-state index in [1.807, 2.05) is 0 Å². The van der Waals surface area contributed by atoms with Crippen molar-refractivity contribution in [3.63, 3.8) is 0 Å². The Morgan fingerprint density at radius 3 is 1.33 bits per heavy atom. The zero-order chi connectivity index (χ0) is 9.54. The Bertz CT molecular complexity index is 223. The van der Waals surface area contributed by atoms with Crippen molar-refractivity contribution in [2.45, 2.75) is 0 Å². The minimum absolute atomic E-state index is 0. The summed E-state index contributed by atoms with van der Waals surface area (Å²) in [6, 6.07) is 0. The van der Waals surface area contributed by atoms with Gasteiger partial charge in [-0.15, -0.1) is 12.2 Å². The second kappa shape index (κ2) is 52.4. The topological polar surface area (TPSA) is 59.7 Å². The summed E-state index contributed by atoms with van der Waals surface area (Å²) in [4.78, 5) is 0. The van der Waals surface area contributed by atoms with E-state index >= 15 is 0 Å². The first kappa shape index (κ1) is 22.4. The van der Waals surface area contributed by atoms with Crippen molar-refractivity contribution in [3.05, 3.63) is 49.3 Å². The third-order valence-corrected chi connectivity index (χ3v) is 0.312. The average molecular weight is 199 g/mol. The first-order valence-corrected chi connectivity index (χ1v) is 1.86. The van der Waals surface area contributed by atoms with Crippen LogP contribution in [0.5, 0.6) is 0 Å². The van der Waals surface area contributed by atoms with Crippen LogP contribution in [0.1, 0.15) is 0 Å². The molecule has 0 saturated carbocycles. The Balaban J connectivity index is -0.0000000406. The molecule has 0 spiro atoms. The summed E-state index contributed by atoms with van der Waals surface area (Å²) in [6.07, 6.45) is 5.00. The molecule has 0 atom stereocenters. The van der Waals surface area contributed by atoms with Gasteiger partial charge in [-0.05, 0) is 0 Å². The van der Waals surface area contributed by atoms with Gasteiger partial charge in [0.1, 0.15) is 0 Å². The van der Waals surface area contributed by atoms with Gasteiger partial charge in [-0.3, -0.25) is 11.5 Å². The van der Waals surface area contributed by atoms with Crippen molar-refractivity contribution >= 4 is 0 Å². The molecule has 0 aliphatic heterocycles. The zero-order valence-corrected chi connectivity index (χ0v) is 6.78. The van der Waals surface area contributed by atoms with Crippen molar-refractivity contribution in [3.8, 4) is 0 Å². The standard InChI is InChI=1S/C5.3CO.Mn/c1-2-4-5-3-1;3*1-2;/q-1;;;;. The molecular weight excluding hydrogens is 199 g/mol. The Labute approximate surface area is 80.8 Å². The largest absolute Gasteiger partial charge is 0.288 e. The van der Waals surface area contributed by atoms with E-state index in [-0.39, 0.29) is 17.1 Å². The summed E-state index contributed by atoms with van der Waals surface area (Å²) in [6.45, 7) is 13.5. The average Bonchev–Trinajstić information content (AvgIpc) is 2.71. The molecular formula is C8MnO3-. The summed E-state index contributed by atoms with van der Waals surface area (Å²) in [5.74, 6) is 0. The molecule has 2 radical (unpaired) electrons. The van der Waals surface area contributed by atoms with Crippen LogP contribution in [-0.4, -0.2) is 0 Å². The number of allylic oxidation sites excluding steroid dienone is 2. The first-order chi connectivity index (χ1) is 5.50. The van der Waals surface area contributed by atoms with E-state index in [9.17, 15) is 0 Å². The molecule has 12 heavy (non-hydrogen) atoms. The van der Waals surface area contributed by atoms with Crippen LogP contribution in [0.3, 0.4) is 0 Å². The smallest absolute Gasteiger partial charge is 0 e. The fraction of sp³-hybridized carbons (Fsp3) is 0. The molecule has 1 aliphatic carbocycles. The second-order valence-corrected chi connectivity index (χ2v) is 0.625. The van der Waals surface area contributed by atoms with E-state index < -0.39 is 0 Å². The molecule has 0 heterocycles. The van der Waals surface area contributed by atoms with Gasteiger partial charge in [-0.2, -0.15) is 0 Å². The molecule has 0 fully saturated rings. The van der Waals surface area contributed by atoms with Crippen LogP contribution in [0.4, 0.5) is 0 Å². The molecule has 4 heteroatoms. The minimum atomic E-state index is 0. The van der Waals surface area contributed by atoms with Gasteiger partial charge in [0.2, 0.25) is 0 Å². The maximum atomic E-state index is 7.50. The van der Waals surface area contributed by atoms with Gasteiger partial charge in [0.25, 0.3) is 0 Å². The van der Waals surface area contributed by atoms with Gasteiger partial charge >= 0.3 is 33.9 Å². The SMILES string of the molecule is [C-]#[O+].[C-]#[O+].[C-]#[O+].[C]1=C=C=C=[C-]1.[Mn]. The van der Waals surface area contributed by atoms with E-state index in [1.54, 1.807) is 0 Å². The molecule has 3 nitrogen and oxygen atoms in total. The third-order valence-electron chi connectivity index (χ3n) is 0.312. The van der Waals surface area contributed by atoms with E-state index in [2.05, 4.69) is 49.3 Å². The van der Waals surface area contributed by atoms with Crippen LogP contribution in [0.15, 0.2) is 17.2 Å². The molecule has 0 amide bonds. The van der Waals surface area contributed by atoms with Crippen LogP contribution >= 0.6 is 0 Å². The van der Waals surface area contributed by atoms with Crippen LogP contribution in [0, 0.1) is 32.1 Å². The Morgan fingerprint density at radius 2 is 1.25 bits per heavy atom. The number of hydrogen-bond donors (Lipinski definition) is 0. The van der Waals surface area contributed by atoms with E-state index in [0.29, 0.717) is 0 Å². The molecule has 0 aromatic carbocycles. The predicted molar refractivity (Wildman–Crippen MR) is 28.8 cm³/mol. The van der Waals surface area contributed by atoms with Crippen LogP contribution < -0.4 is 0 Å². The molecule has 1 rings (SSSR count). The second-order valence-electron chi connectivity index (χ2n) is 0.625. The van der Waals surface area contributed by atoms with Crippen LogP contribution in [-0.2, 0) is 31.0 Å². The summed E-state index contributed by atoms with van der Waals surface area (Å²) in [5.41, 5.74) is 7.50. The normalized spacial score (nSPS) is 5.17. The van der Waals surface area contributed by atoms with Crippen molar-refractivity contribution in [2.75, 3.05) is 0 Å². The van der Waals surface area contributed by atoms with E-state index in [0.717, 1.165) is 0 Å². The molecule has 0 aromatic rings. The number of hydrogen-bond acceptors (Lipinski definition) is 0. The molecule has 0 aromatic heterocycles. The quantitative estimate of drug-likeness (QED) is 0.236. The van der Waals surface area contributed by atoms with Gasteiger partial charge in [0.05, 0.1) is 0 Å². The van der Waals surface area contributed by atoms with E-state index in [4.69, 9.17) is 14.0 Å². The first-order valence-electron chi connectivity index (χ1n) is 1.86. The van der Waals surface area contributed by atoms with Crippen LogP contribution in [0.25, 0.3) is 0 Å². The van der Waals surface area contributed by atoms with E-state index in [1.165, 1.54) is 0 Å². The monoisotopic (exact) mass is 199 g/mol. The predicted octanol–water partition coefficient (Wildman–Crippen LogP) is 0.513. The summed E-state index contributed by atoms with van der Waals surface area (Å²) in [5, 5.41) is 0. The Morgan fingerprint density at radius 1 is 0.833 bits per heavy atom.